The summed E-state index contributed by atoms with van der Waals surface area (Å²) in [6.07, 6.45) is 1.95. The van der Waals surface area contributed by atoms with Crippen LogP contribution < -0.4 is 5.32 Å². The molecule has 0 atom stereocenters. The molecule has 0 unspecified atom stereocenters. The first-order chi connectivity index (χ1) is 11.1. The zero-order chi connectivity index (χ0) is 16.2. The second-order valence-electron chi connectivity index (χ2n) is 5.19. The lowest BCUT2D eigenvalue weighted by Gasteiger charge is -2.15. The monoisotopic (exact) mass is 326 g/mol. The molecule has 2 aromatic carbocycles. The van der Waals surface area contributed by atoms with Crippen LogP contribution in [0, 0.1) is 0 Å². The molecule has 3 rings (SSSR count). The Morgan fingerprint density at radius 1 is 0.957 bits per heavy atom. The minimum absolute atomic E-state index is 0.246. The molecule has 0 aromatic heterocycles. The SMILES string of the molecule is O=C1C=C(Nc2ccccc2Cl)C(=O)N1CCc1ccccc1. The van der Waals surface area contributed by atoms with Gasteiger partial charge in [-0.3, -0.25) is 14.5 Å². The number of carbonyl (C=O) groups is 2. The van der Waals surface area contributed by atoms with Crippen LogP contribution in [0.1, 0.15) is 5.56 Å². The maximum absolute atomic E-state index is 12.4. The van der Waals surface area contributed by atoms with Gasteiger partial charge < -0.3 is 5.32 Å². The van der Waals surface area contributed by atoms with Crippen molar-refractivity contribution < 1.29 is 9.59 Å². The number of amides is 2. The number of hydrogen-bond acceptors (Lipinski definition) is 3. The Labute approximate surface area is 139 Å². The second kappa shape index (κ2) is 6.67. The van der Waals surface area contributed by atoms with Gasteiger partial charge in [-0.1, -0.05) is 54.1 Å². The van der Waals surface area contributed by atoms with E-state index < -0.39 is 0 Å². The van der Waals surface area contributed by atoms with E-state index >= 15 is 0 Å². The Bertz CT molecular complexity index is 772. The number of para-hydroxylation sites is 1. The molecule has 0 bridgehead atoms. The lowest BCUT2D eigenvalue weighted by molar-refractivity contribution is -0.137. The Hall–Kier alpha value is -2.59. The third-order valence-corrected chi connectivity index (χ3v) is 3.95. The predicted molar refractivity (Wildman–Crippen MR) is 90.0 cm³/mol. The maximum atomic E-state index is 12.4. The van der Waals surface area contributed by atoms with Crippen molar-refractivity contribution in [3.05, 3.63) is 77.0 Å². The standard InChI is InChI=1S/C18H15ClN2O2/c19-14-8-4-5-9-15(14)20-16-12-17(22)21(18(16)23)11-10-13-6-2-1-3-7-13/h1-9,12,20H,10-11H2. The van der Waals surface area contributed by atoms with Gasteiger partial charge in [0.15, 0.2) is 0 Å². The summed E-state index contributed by atoms with van der Waals surface area (Å²) in [5, 5.41) is 3.43. The molecule has 0 aliphatic carbocycles. The van der Waals surface area contributed by atoms with E-state index in [1.54, 1.807) is 18.2 Å². The average molecular weight is 327 g/mol. The summed E-state index contributed by atoms with van der Waals surface area (Å²) in [5.74, 6) is -0.633. The van der Waals surface area contributed by atoms with Gasteiger partial charge in [-0.25, -0.2) is 0 Å². The minimum Gasteiger partial charge on any atom is -0.350 e. The lowest BCUT2D eigenvalue weighted by atomic mass is 10.1. The number of halogens is 1. The van der Waals surface area contributed by atoms with E-state index in [1.807, 2.05) is 36.4 Å². The summed E-state index contributed by atoms with van der Waals surface area (Å²) in [4.78, 5) is 25.7. The molecular weight excluding hydrogens is 312 g/mol. The summed E-state index contributed by atoms with van der Waals surface area (Å²) in [7, 11) is 0. The van der Waals surface area contributed by atoms with Crippen molar-refractivity contribution >= 4 is 29.1 Å². The van der Waals surface area contributed by atoms with E-state index in [4.69, 9.17) is 11.6 Å². The van der Waals surface area contributed by atoms with Crippen molar-refractivity contribution in [1.29, 1.82) is 0 Å². The molecule has 2 aromatic rings. The van der Waals surface area contributed by atoms with Crippen molar-refractivity contribution in [1.82, 2.24) is 4.90 Å². The molecule has 1 N–H and O–H groups in total. The third kappa shape index (κ3) is 3.43. The number of imide groups is 1. The van der Waals surface area contributed by atoms with Gasteiger partial charge in [0.1, 0.15) is 5.70 Å². The van der Waals surface area contributed by atoms with Gasteiger partial charge in [-0.2, -0.15) is 0 Å². The van der Waals surface area contributed by atoms with Gasteiger partial charge in [0.25, 0.3) is 11.8 Å². The van der Waals surface area contributed by atoms with Crippen LogP contribution in [0.15, 0.2) is 66.4 Å². The van der Waals surface area contributed by atoms with E-state index in [2.05, 4.69) is 5.32 Å². The first-order valence-electron chi connectivity index (χ1n) is 7.28. The fraction of sp³-hybridized carbons (Fsp3) is 0.111. The number of nitrogens with zero attached hydrogens (tertiary/aromatic N) is 1. The molecule has 2 amide bonds. The molecule has 4 nitrogen and oxygen atoms in total. The molecule has 1 aliphatic heterocycles. The molecular formula is C18H15ClN2O2. The number of benzene rings is 2. The smallest absolute Gasteiger partial charge is 0.277 e. The van der Waals surface area contributed by atoms with Crippen LogP contribution >= 0.6 is 11.6 Å². The van der Waals surface area contributed by atoms with Crippen molar-refractivity contribution in [2.24, 2.45) is 0 Å². The van der Waals surface area contributed by atoms with Crippen LogP contribution in [0.25, 0.3) is 0 Å². The average Bonchev–Trinajstić information content (AvgIpc) is 2.82. The van der Waals surface area contributed by atoms with E-state index in [0.29, 0.717) is 23.7 Å². The Kier molecular flexibility index (Phi) is 4.44. The second-order valence-corrected chi connectivity index (χ2v) is 5.60. The fourth-order valence-corrected chi connectivity index (χ4v) is 2.59. The Morgan fingerprint density at radius 2 is 1.65 bits per heavy atom. The van der Waals surface area contributed by atoms with Gasteiger partial charge in [0, 0.05) is 12.6 Å². The Balaban J connectivity index is 1.67. The first-order valence-corrected chi connectivity index (χ1v) is 7.66. The summed E-state index contributed by atoms with van der Waals surface area (Å²) < 4.78 is 0. The highest BCUT2D eigenvalue weighted by Gasteiger charge is 2.30. The van der Waals surface area contributed by atoms with Crippen molar-refractivity contribution in [2.45, 2.75) is 6.42 Å². The molecule has 0 saturated carbocycles. The molecule has 1 heterocycles. The van der Waals surface area contributed by atoms with Crippen LogP contribution in [-0.2, 0) is 16.0 Å². The highest BCUT2D eigenvalue weighted by atomic mass is 35.5. The van der Waals surface area contributed by atoms with Crippen molar-refractivity contribution in [3.8, 4) is 0 Å². The number of rotatable bonds is 5. The minimum atomic E-state index is -0.328. The zero-order valence-corrected chi connectivity index (χ0v) is 13.1. The molecule has 0 saturated heterocycles. The molecule has 116 valence electrons. The van der Waals surface area contributed by atoms with Gasteiger partial charge >= 0.3 is 0 Å². The molecule has 5 heteroatoms. The molecule has 0 spiro atoms. The normalized spacial score (nSPS) is 14.1. The largest absolute Gasteiger partial charge is 0.350 e. The number of nitrogens with one attached hydrogen (secondary N) is 1. The fourth-order valence-electron chi connectivity index (χ4n) is 2.40. The van der Waals surface area contributed by atoms with Crippen LogP contribution in [-0.4, -0.2) is 23.3 Å². The van der Waals surface area contributed by atoms with Gasteiger partial charge in [-0.15, -0.1) is 0 Å². The molecule has 23 heavy (non-hydrogen) atoms. The summed E-state index contributed by atoms with van der Waals surface area (Å²) in [6.45, 7) is 0.353. The summed E-state index contributed by atoms with van der Waals surface area (Å²) in [5.41, 5.74) is 1.93. The third-order valence-electron chi connectivity index (χ3n) is 3.62. The quantitative estimate of drug-likeness (QED) is 0.858. The van der Waals surface area contributed by atoms with E-state index in [9.17, 15) is 9.59 Å². The number of hydrogen-bond donors (Lipinski definition) is 1. The van der Waals surface area contributed by atoms with Crippen LogP contribution in [0.2, 0.25) is 5.02 Å². The summed E-state index contributed by atoms with van der Waals surface area (Å²) in [6, 6.07) is 16.8. The lowest BCUT2D eigenvalue weighted by Crippen LogP contribution is -2.33. The number of anilines is 1. The predicted octanol–water partition coefficient (Wildman–Crippen LogP) is 3.25. The Morgan fingerprint density at radius 3 is 2.39 bits per heavy atom. The maximum Gasteiger partial charge on any atom is 0.277 e. The van der Waals surface area contributed by atoms with Crippen LogP contribution in [0.4, 0.5) is 5.69 Å². The summed E-state index contributed by atoms with van der Waals surface area (Å²) >= 11 is 6.06. The molecule has 0 radical (unpaired) electrons. The highest BCUT2D eigenvalue weighted by Crippen LogP contribution is 2.24. The highest BCUT2D eigenvalue weighted by molar-refractivity contribution is 6.33. The van der Waals surface area contributed by atoms with E-state index in [-0.39, 0.29) is 17.5 Å². The van der Waals surface area contributed by atoms with Gasteiger partial charge in [-0.05, 0) is 24.1 Å². The molecule has 0 fully saturated rings. The van der Waals surface area contributed by atoms with Gasteiger partial charge in [0.2, 0.25) is 0 Å². The molecule has 1 aliphatic rings. The van der Waals surface area contributed by atoms with E-state index in [0.717, 1.165) is 5.56 Å². The van der Waals surface area contributed by atoms with Gasteiger partial charge in [0.05, 0.1) is 10.7 Å². The van der Waals surface area contributed by atoms with Crippen LogP contribution in [0.3, 0.4) is 0 Å². The zero-order valence-electron chi connectivity index (χ0n) is 12.3. The van der Waals surface area contributed by atoms with Crippen LogP contribution in [0.5, 0.6) is 0 Å². The topological polar surface area (TPSA) is 49.4 Å². The first kappa shape index (κ1) is 15.3. The van der Waals surface area contributed by atoms with Crippen molar-refractivity contribution in [2.75, 3.05) is 11.9 Å². The number of carbonyl (C=O) groups excluding carboxylic acids is 2. The van der Waals surface area contributed by atoms with E-state index in [1.165, 1.54) is 11.0 Å². The van der Waals surface area contributed by atoms with Crippen molar-refractivity contribution in [3.63, 3.8) is 0 Å².